The number of hydrogen-bond donors (Lipinski definition) is 1. The van der Waals surface area contributed by atoms with Crippen LogP contribution in [0.5, 0.6) is 11.5 Å². The van der Waals surface area contributed by atoms with Crippen molar-refractivity contribution in [3.63, 3.8) is 0 Å². The van der Waals surface area contributed by atoms with Crippen molar-refractivity contribution in [1.82, 2.24) is 0 Å². The molecule has 1 N–H and O–H groups in total. The zero-order valence-corrected chi connectivity index (χ0v) is 18.7. The Morgan fingerprint density at radius 2 is 1.30 bits per heavy atom. The molecule has 0 aliphatic carbocycles. The first-order chi connectivity index (χ1) is 14.5. The van der Waals surface area contributed by atoms with Crippen molar-refractivity contribution in [2.45, 2.75) is 58.3 Å². The molecule has 0 saturated carbocycles. The molecule has 0 atom stereocenters. The second-order valence-corrected chi connectivity index (χ2v) is 9.03. The fraction of sp³-hybridized carbons (Fsp3) is 0.500. The van der Waals surface area contributed by atoms with Crippen LogP contribution in [0.1, 0.15) is 58.3 Å². The number of unbranched alkanes of at least 4 members (excludes halogenated alkanes) is 6. The van der Waals surface area contributed by atoms with Gasteiger partial charge in [0.2, 0.25) is 0 Å². The van der Waals surface area contributed by atoms with E-state index in [1.807, 2.05) is 48.5 Å². The highest BCUT2D eigenvalue weighted by atomic mass is 32.2. The van der Waals surface area contributed by atoms with Crippen molar-refractivity contribution in [1.29, 1.82) is 0 Å². The summed E-state index contributed by atoms with van der Waals surface area (Å²) in [5, 5.41) is 0. The summed E-state index contributed by atoms with van der Waals surface area (Å²) in [7, 11) is -3.89. The smallest absolute Gasteiger partial charge is 0.264 e. The lowest BCUT2D eigenvalue weighted by Crippen LogP contribution is -2.05. The normalized spacial score (nSPS) is 11.4. The minimum Gasteiger partial charge on any atom is -0.493 e. The second kappa shape index (κ2) is 13.3. The van der Waals surface area contributed by atoms with E-state index in [0.29, 0.717) is 32.5 Å². The SMILES string of the molecule is CCCCCCCOc1cccc(OCCCCCS(=O)(=O)O)c1-c1ccccc1. The summed E-state index contributed by atoms with van der Waals surface area (Å²) < 4.78 is 42.5. The Morgan fingerprint density at radius 3 is 1.87 bits per heavy atom. The molecule has 0 aliphatic heterocycles. The van der Waals surface area contributed by atoms with E-state index in [-0.39, 0.29) is 5.75 Å². The van der Waals surface area contributed by atoms with Crippen molar-refractivity contribution in [3.05, 3.63) is 48.5 Å². The first-order valence-electron chi connectivity index (χ1n) is 10.9. The molecular formula is C24H34O5S. The molecule has 0 saturated heterocycles. The summed E-state index contributed by atoms with van der Waals surface area (Å²) in [5.74, 6) is 1.38. The van der Waals surface area contributed by atoms with Gasteiger partial charge in [0.1, 0.15) is 11.5 Å². The highest BCUT2D eigenvalue weighted by molar-refractivity contribution is 7.85. The topological polar surface area (TPSA) is 72.8 Å². The van der Waals surface area contributed by atoms with Gasteiger partial charge in [-0.15, -0.1) is 0 Å². The van der Waals surface area contributed by atoms with Crippen LogP contribution in [0.3, 0.4) is 0 Å². The van der Waals surface area contributed by atoms with Crippen LogP contribution in [0, 0.1) is 0 Å². The molecule has 2 rings (SSSR count). The maximum Gasteiger partial charge on any atom is 0.264 e. The highest BCUT2D eigenvalue weighted by Gasteiger charge is 2.13. The van der Waals surface area contributed by atoms with E-state index in [1.165, 1.54) is 25.7 Å². The zero-order chi connectivity index (χ0) is 21.7. The molecule has 0 spiro atoms. The number of benzene rings is 2. The van der Waals surface area contributed by atoms with Crippen molar-refractivity contribution >= 4 is 10.1 Å². The molecule has 6 heteroatoms. The predicted molar refractivity (Wildman–Crippen MR) is 122 cm³/mol. The quantitative estimate of drug-likeness (QED) is 0.269. The average molecular weight is 435 g/mol. The van der Waals surface area contributed by atoms with E-state index in [9.17, 15) is 8.42 Å². The minimum atomic E-state index is -3.89. The third kappa shape index (κ3) is 9.18. The zero-order valence-electron chi connectivity index (χ0n) is 17.9. The molecule has 0 radical (unpaired) electrons. The van der Waals surface area contributed by atoms with Gasteiger partial charge in [0.05, 0.1) is 24.5 Å². The van der Waals surface area contributed by atoms with Gasteiger partial charge in [0.15, 0.2) is 0 Å². The van der Waals surface area contributed by atoms with E-state index in [2.05, 4.69) is 6.92 Å². The Balaban J connectivity index is 1.98. The largest absolute Gasteiger partial charge is 0.493 e. The van der Waals surface area contributed by atoms with E-state index in [1.54, 1.807) is 0 Å². The van der Waals surface area contributed by atoms with Crippen LogP contribution in [0.4, 0.5) is 0 Å². The Labute approximate surface area is 181 Å². The van der Waals surface area contributed by atoms with Crippen LogP contribution in [0.25, 0.3) is 11.1 Å². The first-order valence-corrected chi connectivity index (χ1v) is 12.5. The molecule has 0 aromatic heterocycles. The molecule has 30 heavy (non-hydrogen) atoms. The van der Waals surface area contributed by atoms with Gasteiger partial charge in [0.25, 0.3) is 10.1 Å². The second-order valence-electron chi connectivity index (χ2n) is 7.45. The van der Waals surface area contributed by atoms with Gasteiger partial charge in [-0.1, -0.05) is 69.0 Å². The number of rotatable bonds is 15. The fourth-order valence-corrected chi connectivity index (χ4v) is 3.84. The van der Waals surface area contributed by atoms with Crippen LogP contribution in [-0.4, -0.2) is 31.9 Å². The molecule has 2 aromatic rings. The summed E-state index contributed by atoms with van der Waals surface area (Å²) >= 11 is 0. The van der Waals surface area contributed by atoms with E-state index in [0.717, 1.165) is 29.0 Å². The number of hydrogen-bond acceptors (Lipinski definition) is 4. The summed E-state index contributed by atoms with van der Waals surface area (Å²) in [6.07, 6.45) is 7.76. The molecule has 0 heterocycles. The van der Waals surface area contributed by atoms with Crippen LogP contribution >= 0.6 is 0 Å². The Hall–Kier alpha value is -2.05. The third-order valence-electron chi connectivity index (χ3n) is 4.86. The van der Waals surface area contributed by atoms with Crippen molar-refractivity contribution < 1.29 is 22.4 Å². The van der Waals surface area contributed by atoms with Crippen LogP contribution in [-0.2, 0) is 10.1 Å². The van der Waals surface area contributed by atoms with Crippen LogP contribution in [0.15, 0.2) is 48.5 Å². The lowest BCUT2D eigenvalue weighted by Gasteiger charge is -2.17. The van der Waals surface area contributed by atoms with Crippen LogP contribution in [0.2, 0.25) is 0 Å². The molecule has 0 aliphatic rings. The van der Waals surface area contributed by atoms with E-state index in [4.69, 9.17) is 14.0 Å². The van der Waals surface area contributed by atoms with E-state index < -0.39 is 10.1 Å². The highest BCUT2D eigenvalue weighted by Crippen LogP contribution is 2.38. The lowest BCUT2D eigenvalue weighted by atomic mass is 10.0. The minimum absolute atomic E-state index is 0.205. The molecule has 2 aromatic carbocycles. The maximum atomic E-state index is 10.8. The first kappa shape index (κ1) is 24.2. The molecule has 0 amide bonds. The molecule has 0 bridgehead atoms. The Morgan fingerprint density at radius 1 is 0.733 bits per heavy atom. The molecule has 166 valence electrons. The molecule has 5 nitrogen and oxygen atoms in total. The van der Waals surface area contributed by atoms with Crippen LogP contribution < -0.4 is 9.47 Å². The maximum absolute atomic E-state index is 10.8. The summed E-state index contributed by atoms with van der Waals surface area (Å²) in [6, 6.07) is 15.9. The van der Waals surface area contributed by atoms with Gasteiger partial charge < -0.3 is 9.47 Å². The average Bonchev–Trinajstić information content (AvgIpc) is 2.73. The van der Waals surface area contributed by atoms with Gasteiger partial charge in [-0.3, -0.25) is 4.55 Å². The van der Waals surface area contributed by atoms with Crippen molar-refractivity contribution in [2.75, 3.05) is 19.0 Å². The van der Waals surface area contributed by atoms with Gasteiger partial charge in [-0.05, 0) is 43.4 Å². The molecular weight excluding hydrogens is 400 g/mol. The van der Waals surface area contributed by atoms with Gasteiger partial charge in [-0.25, -0.2) is 0 Å². The van der Waals surface area contributed by atoms with Crippen molar-refractivity contribution in [3.8, 4) is 22.6 Å². The van der Waals surface area contributed by atoms with E-state index >= 15 is 0 Å². The van der Waals surface area contributed by atoms with Gasteiger partial charge in [-0.2, -0.15) is 8.42 Å². The molecule has 0 unspecified atom stereocenters. The molecule has 0 fully saturated rings. The van der Waals surface area contributed by atoms with Crippen molar-refractivity contribution in [2.24, 2.45) is 0 Å². The van der Waals surface area contributed by atoms with Gasteiger partial charge in [0, 0.05) is 0 Å². The predicted octanol–water partition coefficient (Wildman–Crippen LogP) is 6.14. The standard InChI is InChI=1S/C24H34O5S/c1-2-3-4-5-10-18-28-22-16-13-17-23(24(22)21-14-8-6-9-15-21)29-19-11-7-12-20-30(25,26)27/h6,8-9,13-17H,2-5,7,10-12,18-20H2,1H3,(H,25,26,27). The summed E-state index contributed by atoms with van der Waals surface area (Å²) in [5.41, 5.74) is 1.99. The lowest BCUT2D eigenvalue weighted by molar-refractivity contribution is 0.293. The fourth-order valence-electron chi connectivity index (χ4n) is 3.27. The Bertz CT molecular complexity index is 834. The summed E-state index contributed by atoms with van der Waals surface area (Å²) in [4.78, 5) is 0. The summed E-state index contributed by atoms with van der Waals surface area (Å²) in [6.45, 7) is 3.37. The third-order valence-corrected chi connectivity index (χ3v) is 5.66. The monoisotopic (exact) mass is 434 g/mol. The Kier molecular flexibility index (Phi) is 10.7. The van der Waals surface area contributed by atoms with Gasteiger partial charge >= 0.3 is 0 Å². The number of ether oxygens (including phenoxy) is 2.